The molecular formula is C13H18BrN3. The van der Waals surface area contributed by atoms with Gasteiger partial charge in [-0.05, 0) is 31.5 Å². The predicted octanol–water partition coefficient (Wildman–Crippen LogP) is 2.99. The van der Waals surface area contributed by atoms with Gasteiger partial charge in [-0.3, -0.25) is 0 Å². The molecule has 0 spiro atoms. The highest BCUT2D eigenvalue weighted by Crippen LogP contribution is 2.08. The van der Waals surface area contributed by atoms with Gasteiger partial charge in [0.1, 0.15) is 5.65 Å². The van der Waals surface area contributed by atoms with E-state index < -0.39 is 0 Å². The summed E-state index contributed by atoms with van der Waals surface area (Å²) in [5.41, 5.74) is 2.11. The van der Waals surface area contributed by atoms with Crippen molar-refractivity contribution in [2.45, 2.75) is 31.1 Å². The van der Waals surface area contributed by atoms with Crippen molar-refractivity contribution in [1.82, 2.24) is 14.7 Å². The molecule has 0 amide bonds. The average Bonchev–Trinajstić information content (AvgIpc) is 2.76. The van der Waals surface area contributed by atoms with Crippen molar-refractivity contribution in [3.63, 3.8) is 0 Å². The Bertz CT molecular complexity index is 433. The van der Waals surface area contributed by atoms with E-state index in [2.05, 4.69) is 43.8 Å². The molecule has 2 rings (SSSR count). The number of nitrogens with zero attached hydrogens (tertiary/aromatic N) is 2. The normalized spacial score (nSPS) is 13.1. The van der Waals surface area contributed by atoms with E-state index in [1.807, 2.05) is 24.4 Å². The fourth-order valence-corrected chi connectivity index (χ4v) is 1.98. The molecule has 1 N–H and O–H groups in total. The first-order valence-corrected chi connectivity index (χ1v) is 6.98. The van der Waals surface area contributed by atoms with Crippen LogP contribution in [0.2, 0.25) is 0 Å². The van der Waals surface area contributed by atoms with Crippen LogP contribution in [0.4, 0.5) is 0 Å². The van der Waals surface area contributed by atoms with Gasteiger partial charge in [-0.2, -0.15) is 0 Å². The number of imidazole rings is 1. The molecule has 0 bridgehead atoms. The summed E-state index contributed by atoms with van der Waals surface area (Å²) in [7, 11) is 0. The van der Waals surface area contributed by atoms with Crippen LogP contribution >= 0.6 is 15.9 Å². The third kappa shape index (κ3) is 3.54. The van der Waals surface area contributed by atoms with E-state index in [9.17, 15) is 0 Å². The Labute approximate surface area is 110 Å². The minimum absolute atomic E-state index is 0.621. The fourth-order valence-electron chi connectivity index (χ4n) is 1.75. The van der Waals surface area contributed by atoms with Crippen molar-refractivity contribution in [1.29, 1.82) is 0 Å². The van der Waals surface area contributed by atoms with Gasteiger partial charge in [-0.15, -0.1) is 0 Å². The van der Waals surface area contributed by atoms with Crippen LogP contribution in [0.25, 0.3) is 5.65 Å². The Morgan fingerprint density at radius 2 is 2.35 bits per heavy atom. The summed E-state index contributed by atoms with van der Waals surface area (Å²) in [6.45, 7) is 4.06. The Kier molecular flexibility index (Phi) is 4.57. The highest BCUT2D eigenvalue weighted by Gasteiger charge is 2.02. The van der Waals surface area contributed by atoms with Crippen molar-refractivity contribution in [3.05, 3.63) is 36.3 Å². The second-order valence-electron chi connectivity index (χ2n) is 4.17. The van der Waals surface area contributed by atoms with Crippen LogP contribution in [0.3, 0.4) is 0 Å². The highest BCUT2D eigenvalue weighted by atomic mass is 79.9. The van der Waals surface area contributed by atoms with Crippen LogP contribution in [0, 0.1) is 0 Å². The lowest BCUT2D eigenvalue weighted by Crippen LogP contribution is -2.17. The Morgan fingerprint density at radius 1 is 1.47 bits per heavy atom. The topological polar surface area (TPSA) is 29.3 Å². The molecule has 1 unspecified atom stereocenters. The smallest absolute Gasteiger partial charge is 0.137 e. The zero-order chi connectivity index (χ0) is 12.1. The molecule has 92 valence electrons. The van der Waals surface area contributed by atoms with Gasteiger partial charge in [0.15, 0.2) is 0 Å². The summed E-state index contributed by atoms with van der Waals surface area (Å²) < 4.78 is 2.05. The first-order chi connectivity index (χ1) is 8.29. The van der Waals surface area contributed by atoms with Gasteiger partial charge in [-0.25, -0.2) is 4.98 Å². The first-order valence-electron chi connectivity index (χ1n) is 6.07. The van der Waals surface area contributed by atoms with Crippen LogP contribution < -0.4 is 5.32 Å². The molecule has 0 saturated heterocycles. The molecule has 2 aromatic heterocycles. The van der Waals surface area contributed by atoms with Crippen LogP contribution in [0.1, 0.15) is 25.5 Å². The minimum Gasteiger partial charge on any atom is -0.311 e. The lowest BCUT2D eigenvalue weighted by Gasteiger charge is -2.06. The molecule has 1 atom stereocenters. The van der Waals surface area contributed by atoms with Crippen LogP contribution in [0.15, 0.2) is 30.6 Å². The Balaban J connectivity index is 1.83. The summed E-state index contributed by atoms with van der Waals surface area (Å²) in [6, 6.07) is 6.05. The van der Waals surface area contributed by atoms with Gasteiger partial charge in [0.25, 0.3) is 0 Å². The number of nitrogens with one attached hydrogen (secondary N) is 1. The van der Waals surface area contributed by atoms with E-state index in [0.717, 1.165) is 30.9 Å². The molecule has 0 aliphatic heterocycles. The second-order valence-corrected chi connectivity index (χ2v) is 5.46. The number of fused-ring (bicyclic) bond motifs is 1. The standard InChI is InChI=1S/C13H18BrN3/c1-2-11(14)6-7-15-9-12-10-17-8-4-3-5-13(17)16-12/h3-5,8,10-11,15H,2,6-7,9H2,1H3. The number of hydrogen-bond acceptors (Lipinski definition) is 2. The van der Waals surface area contributed by atoms with Crippen molar-refractivity contribution in [2.75, 3.05) is 6.54 Å². The first kappa shape index (κ1) is 12.6. The van der Waals surface area contributed by atoms with E-state index >= 15 is 0 Å². The van der Waals surface area contributed by atoms with Gasteiger partial charge in [-0.1, -0.05) is 28.9 Å². The maximum Gasteiger partial charge on any atom is 0.137 e. The van der Waals surface area contributed by atoms with Crippen molar-refractivity contribution >= 4 is 21.6 Å². The van der Waals surface area contributed by atoms with Gasteiger partial charge in [0.2, 0.25) is 0 Å². The number of halogens is 1. The lowest BCUT2D eigenvalue weighted by atomic mass is 10.2. The van der Waals surface area contributed by atoms with Gasteiger partial charge in [0, 0.05) is 23.8 Å². The molecule has 0 saturated carbocycles. The zero-order valence-corrected chi connectivity index (χ0v) is 11.7. The molecule has 2 heterocycles. The molecule has 4 heteroatoms. The quantitative estimate of drug-likeness (QED) is 0.656. The van der Waals surface area contributed by atoms with Crippen LogP contribution in [-0.4, -0.2) is 20.8 Å². The minimum atomic E-state index is 0.621. The van der Waals surface area contributed by atoms with E-state index in [1.54, 1.807) is 0 Å². The van der Waals surface area contributed by atoms with E-state index in [4.69, 9.17) is 0 Å². The van der Waals surface area contributed by atoms with Gasteiger partial charge in [0.05, 0.1) is 5.69 Å². The van der Waals surface area contributed by atoms with Gasteiger partial charge < -0.3 is 9.72 Å². The number of alkyl halides is 1. The van der Waals surface area contributed by atoms with E-state index in [0.29, 0.717) is 4.83 Å². The van der Waals surface area contributed by atoms with E-state index in [1.165, 1.54) is 6.42 Å². The summed E-state index contributed by atoms with van der Waals surface area (Å²) >= 11 is 3.63. The Morgan fingerprint density at radius 3 is 3.12 bits per heavy atom. The number of hydrogen-bond donors (Lipinski definition) is 1. The maximum absolute atomic E-state index is 4.54. The molecule has 0 fully saturated rings. The summed E-state index contributed by atoms with van der Waals surface area (Å²) in [4.78, 5) is 5.16. The van der Waals surface area contributed by atoms with Gasteiger partial charge >= 0.3 is 0 Å². The zero-order valence-electron chi connectivity index (χ0n) is 10.1. The third-order valence-corrected chi connectivity index (χ3v) is 3.90. The number of pyridine rings is 1. The summed E-state index contributed by atoms with van der Waals surface area (Å²) in [5.74, 6) is 0. The monoisotopic (exact) mass is 295 g/mol. The Hall–Kier alpha value is -0.870. The summed E-state index contributed by atoms with van der Waals surface area (Å²) in [6.07, 6.45) is 6.44. The highest BCUT2D eigenvalue weighted by molar-refractivity contribution is 9.09. The molecule has 3 nitrogen and oxygen atoms in total. The molecule has 2 aromatic rings. The lowest BCUT2D eigenvalue weighted by molar-refractivity contribution is 0.625. The average molecular weight is 296 g/mol. The molecular weight excluding hydrogens is 278 g/mol. The molecule has 0 radical (unpaired) electrons. The maximum atomic E-state index is 4.54. The van der Waals surface area contributed by atoms with Crippen molar-refractivity contribution in [3.8, 4) is 0 Å². The molecule has 0 aliphatic carbocycles. The predicted molar refractivity (Wildman–Crippen MR) is 74.5 cm³/mol. The largest absolute Gasteiger partial charge is 0.311 e. The molecule has 0 aromatic carbocycles. The van der Waals surface area contributed by atoms with Crippen molar-refractivity contribution in [2.24, 2.45) is 0 Å². The third-order valence-electron chi connectivity index (χ3n) is 2.80. The van der Waals surface area contributed by atoms with Crippen LogP contribution in [0.5, 0.6) is 0 Å². The summed E-state index contributed by atoms with van der Waals surface area (Å²) in [5, 5.41) is 3.42. The molecule has 0 aliphatic rings. The second kappa shape index (κ2) is 6.17. The van der Waals surface area contributed by atoms with Crippen molar-refractivity contribution < 1.29 is 0 Å². The van der Waals surface area contributed by atoms with Crippen LogP contribution in [-0.2, 0) is 6.54 Å². The SMILES string of the molecule is CCC(Br)CCNCc1cn2ccccc2n1. The number of aromatic nitrogens is 2. The molecule has 17 heavy (non-hydrogen) atoms. The fraction of sp³-hybridized carbons (Fsp3) is 0.462. The number of rotatable bonds is 6. The van der Waals surface area contributed by atoms with E-state index in [-0.39, 0.29) is 0 Å².